The molecule has 7 heteroatoms. The molecule has 1 rings (SSSR count). The highest BCUT2D eigenvalue weighted by Crippen LogP contribution is 2.26. The van der Waals surface area contributed by atoms with E-state index in [1.54, 1.807) is 0 Å². The Labute approximate surface area is 114 Å². The van der Waals surface area contributed by atoms with Gasteiger partial charge in [-0.05, 0) is 28.8 Å². The van der Waals surface area contributed by atoms with E-state index >= 15 is 0 Å². The smallest absolute Gasteiger partial charge is 0.312 e. The highest BCUT2D eigenvalue weighted by molar-refractivity contribution is 9.10. The molecule has 1 heterocycles. The van der Waals surface area contributed by atoms with Gasteiger partial charge < -0.3 is 10.4 Å². The van der Waals surface area contributed by atoms with E-state index in [4.69, 9.17) is 0 Å². The minimum absolute atomic E-state index is 0.112. The highest BCUT2D eigenvalue weighted by Gasteiger charge is 2.24. The number of rotatable bonds is 6. The Morgan fingerprint density at radius 1 is 1.56 bits per heavy atom. The maximum atomic E-state index is 10.9. The zero-order chi connectivity index (χ0) is 13.8. The van der Waals surface area contributed by atoms with Crippen molar-refractivity contribution >= 4 is 27.4 Å². The van der Waals surface area contributed by atoms with Gasteiger partial charge in [-0.2, -0.15) is 0 Å². The first-order chi connectivity index (χ1) is 8.41. The first-order valence-electron chi connectivity index (χ1n) is 5.68. The van der Waals surface area contributed by atoms with Crippen LogP contribution in [0.15, 0.2) is 16.7 Å². The standard InChI is InChI=1S/C11H16BrN3O3/c1-3-11(16,4-2)7-14-10-9(15(17)18)5-8(12)6-13-10/h5-6,16H,3-4,7H2,1-2H3,(H,13,14). The molecule has 0 aliphatic rings. The fraction of sp³-hybridized carbons (Fsp3) is 0.545. The van der Waals surface area contributed by atoms with Crippen LogP contribution >= 0.6 is 15.9 Å². The van der Waals surface area contributed by atoms with Gasteiger partial charge in [0.25, 0.3) is 0 Å². The summed E-state index contributed by atoms with van der Waals surface area (Å²) in [4.78, 5) is 14.3. The third kappa shape index (κ3) is 3.64. The summed E-state index contributed by atoms with van der Waals surface area (Å²) in [5.74, 6) is 0.170. The summed E-state index contributed by atoms with van der Waals surface area (Å²) < 4.78 is 0.543. The van der Waals surface area contributed by atoms with E-state index in [0.717, 1.165) is 0 Å². The van der Waals surface area contributed by atoms with Crippen molar-refractivity contribution in [2.75, 3.05) is 11.9 Å². The average molecular weight is 318 g/mol. The minimum Gasteiger partial charge on any atom is -0.388 e. The maximum absolute atomic E-state index is 10.9. The van der Waals surface area contributed by atoms with Crippen molar-refractivity contribution in [1.82, 2.24) is 4.98 Å². The summed E-state index contributed by atoms with van der Waals surface area (Å²) >= 11 is 3.14. The molecular weight excluding hydrogens is 302 g/mol. The van der Waals surface area contributed by atoms with E-state index in [1.807, 2.05) is 13.8 Å². The number of aliphatic hydroxyl groups is 1. The van der Waals surface area contributed by atoms with Crippen molar-refractivity contribution in [2.45, 2.75) is 32.3 Å². The number of hydrogen-bond acceptors (Lipinski definition) is 5. The zero-order valence-corrected chi connectivity index (χ0v) is 11.9. The maximum Gasteiger partial charge on any atom is 0.312 e. The molecule has 2 N–H and O–H groups in total. The molecule has 0 aromatic carbocycles. The quantitative estimate of drug-likeness (QED) is 0.622. The lowest BCUT2D eigenvalue weighted by molar-refractivity contribution is -0.384. The molecule has 0 amide bonds. The van der Waals surface area contributed by atoms with Crippen molar-refractivity contribution in [2.24, 2.45) is 0 Å². The molecule has 0 fully saturated rings. The number of nitrogens with one attached hydrogen (secondary N) is 1. The van der Waals surface area contributed by atoms with Crippen molar-refractivity contribution in [3.05, 3.63) is 26.9 Å². The number of halogens is 1. The highest BCUT2D eigenvalue weighted by atomic mass is 79.9. The van der Waals surface area contributed by atoms with Crippen LogP contribution in [0, 0.1) is 10.1 Å². The zero-order valence-electron chi connectivity index (χ0n) is 10.3. The molecule has 0 aliphatic carbocycles. The summed E-state index contributed by atoms with van der Waals surface area (Å²) in [6, 6.07) is 1.38. The Bertz CT molecular complexity index is 436. The third-order valence-electron chi connectivity index (χ3n) is 2.93. The molecule has 1 aromatic rings. The van der Waals surface area contributed by atoms with Crippen LogP contribution in [0.25, 0.3) is 0 Å². The second-order valence-electron chi connectivity index (χ2n) is 4.06. The molecule has 6 nitrogen and oxygen atoms in total. The van der Waals surface area contributed by atoms with Gasteiger partial charge in [-0.15, -0.1) is 0 Å². The van der Waals surface area contributed by atoms with Crippen LogP contribution in [0.5, 0.6) is 0 Å². The summed E-state index contributed by atoms with van der Waals surface area (Å²) in [5, 5.41) is 23.8. The van der Waals surface area contributed by atoms with Gasteiger partial charge in [0.1, 0.15) is 0 Å². The fourth-order valence-electron chi connectivity index (χ4n) is 1.45. The monoisotopic (exact) mass is 317 g/mol. The van der Waals surface area contributed by atoms with E-state index in [9.17, 15) is 15.2 Å². The number of nitrogens with zero attached hydrogens (tertiary/aromatic N) is 2. The summed E-state index contributed by atoms with van der Waals surface area (Å²) in [6.07, 6.45) is 2.62. The van der Waals surface area contributed by atoms with E-state index in [-0.39, 0.29) is 18.1 Å². The normalized spacial score (nSPS) is 11.3. The lowest BCUT2D eigenvalue weighted by atomic mass is 9.98. The van der Waals surface area contributed by atoms with Crippen molar-refractivity contribution in [1.29, 1.82) is 0 Å². The van der Waals surface area contributed by atoms with Crippen LogP contribution < -0.4 is 5.32 Å². The molecule has 18 heavy (non-hydrogen) atoms. The number of pyridine rings is 1. The summed E-state index contributed by atoms with van der Waals surface area (Å²) in [6.45, 7) is 3.97. The number of aromatic nitrogens is 1. The van der Waals surface area contributed by atoms with Gasteiger partial charge in [0.05, 0.1) is 10.5 Å². The SMILES string of the molecule is CCC(O)(CC)CNc1ncc(Br)cc1[N+](=O)[O-]. The number of nitro groups is 1. The molecule has 0 bridgehead atoms. The lowest BCUT2D eigenvalue weighted by Crippen LogP contribution is -2.35. The predicted octanol–water partition coefficient (Wildman–Crippen LogP) is 2.72. The molecule has 100 valence electrons. The Morgan fingerprint density at radius 3 is 2.67 bits per heavy atom. The number of anilines is 1. The van der Waals surface area contributed by atoms with Gasteiger partial charge in [0, 0.05) is 23.3 Å². The molecule has 0 radical (unpaired) electrons. The van der Waals surface area contributed by atoms with Crippen molar-refractivity contribution < 1.29 is 10.0 Å². The molecular formula is C11H16BrN3O3. The van der Waals surface area contributed by atoms with E-state index in [2.05, 4.69) is 26.2 Å². The van der Waals surface area contributed by atoms with Crippen LogP contribution in [0.3, 0.4) is 0 Å². The van der Waals surface area contributed by atoms with Gasteiger partial charge >= 0.3 is 5.69 Å². The Hall–Kier alpha value is -1.21. The minimum atomic E-state index is -0.872. The van der Waals surface area contributed by atoms with Crippen LogP contribution in [-0.2, 0) is 0 Å². The fourth-order valence-corrected chi connectivity index (χ4v) is 1.77. The predicted molar refractivity (Wildman–Crippen MR) is 72.6 cm³/mol. The second kappa shape index (κ2) is 6.10. The van der Waals surface area contributed by atoms with Crippen molar-refractivity contribution in [3.63, 3.8) is 0 Å². The van der Waals surface area contributed by atoms with Gasteiger partial charge in [-0.25, -0.2) is 4.98 Å². The van der Waals surface area contributed by atoms with Gasteiger partial charge in [-0.3, -0.25) is 10.1 Å². The van der Waals surface area contributed by atoms with E-state index in [0.29, 0.717) is 17.3 Å². The van der Waals surface area contributed by atoms with Gasteiger partial charge in [-0.1, -0.05) is 13.8 Å². The van der Waals surface area contributed by atoms with Crippen LogP contribution in [0.1, 0.15) is 26.7 Å². The molecule has 0 saturated heterocycles. The molecule has 1 aromatic heterocycles. The number of hydrogen-bond donors (Lipinski definition) is 2. The van der Waals surface area contributed by atoms with Crippen molar-refractivity contribution in [3.8, 4) is 0 Å². The van der Waals surface area contributed by atoms with Gasteiger partial charge in [0.15, 0.2) is 0 Å². The van der Waals surface area contributed by atoms with Gasteiger partial charge in [0.2, 0.25) is 5.82 Å². The first-order valence-corrected chi connectivity index (χ1v) is 6.47. The molecule has 0 spiro atoms. The second-order valence-corrected chi connectivity index (χ2v) is 4.98. The van der Waals surface area contributed by atoms with E-state index < -0.39 is 10.5 Å². The summed E-state index contributed by atoms with van der Waals surface area (Å²) in [7, 11) is 0. The Kier molecular flexibility index (Phi) is 5.03. The molecule has 0 atom stereocenters. The third-order valence-corrected chi connectivity index (χ3v) is 3.37. The lowest BCUT2D eigenvalue weighted by Gasteiger charge is -2.25. The van der Waals surface area contributed by atoms with Crippen LogP contribution in [-0.4, -0.2) is 27.2 Å². The molecule has 0 aliphatic heterocycles. The largest absolute Gasteiger partial charge is 0.388 e. The topological polar surface area (TPSA) is 88.3 Å². The first kappa shape index (κ1) is 14.8. The molecule has 0 saturated carbocycles. The Morgan fingerprint density at radius 2 is 2.17 bits per heavy atom. The Balaban J connectivity index is 2.88. The van der Waals surface area contributed by atoms with Crippen LogP contribution in [0.4, 0.5) is 11.5 Å². The summed E-state index contributed by atoms with van der Waals surface area (Å²) in [5.41, 5.74) is -0.984. The van der Waals surface area contributed by atoms with E-state index in [1.165, 1.54) is 12.3 Å². The van der Waals surface area contributed by atoms with Crippen LogP contribution in [0.2, 0.25) is 0 Å². The molecule has 0 unspecified atom stereocenters. The average Bonchev–Trinajstić information content (AvgIpc) is 2.36.